The number of benzene rings is 1. The number of aromatic nitrogens is 1. The fourth-order valence-electron chi connectivity index (χ4n) is 1.50. The van der Waals surface area contributed by atoms with Crippen molar-refractivity contribution in [2.24, 2.45) is 0 Å². The largest absolute Gasteiger partial charge is 0.476 e. The van der Waals surface area contributed by atoms with Gasteiger partial charge in [0.2, 0.25) is 0 Å². The summed E-state index contributed by atoms with van der Waals surface area (Å²) in [6.07, 6.45) is 1.35. The van der Waals surface area contributed by atoms with E-state index in [1.807, 2.05) is 0 Å². The number of carbonyl (C=O) groups excluding carboxylic acids is 1. The minimum absolute atomic E-state index is 0.103. The number of pyridine rings is 1. The molecule has 0 aliphatic rings. The standard InChI is InChI=1S/C13H9NO3.C2H2O4/c15-12(9-5-2-1-3-6-9)10-7-4-8-14-11(10)13(16)17;3-1(4)2(5)6/h1-8H,(H,16,17);(H,3,4)(H,5,6). The van der Waals surface area contributed by atoms with Gasteiger partial charge in [-0.3, -0.25) is 4.79 Å². The van der Waals surface area contributed by atoms with Crippen LogP contribution in [0.15, 0.2) is 48.7 Å². The smallest absolute Gasteiger partial charge is 0.414 e. The van der Waals surface area contributed by atoms with Crippen molar-refractivity contribution in [3.63, 3.8) is 0 Å². The number of aromatic carboxylic acids is 1. The Kier molecular flexibility index (Phi) is 6.11. The number of ketones is 1. The van der Waals surface area contributed by atoms with Gasteiger partial charge in [-0.2, -0.15) is 0 Å². The molecule has 0 fully saturated rings. The number of nitrogens with zero attached hydrogens (tertiary/aromatic N) is 1. The number of carbonyl (C=O) groups is 4. The maximum absolute atomic E-state index is 12.1. The molecule has 1 aromatic heterocycles. The first-order valence-corrected chi connectivity index (χ1v) is 6.09. The number of carboxylic acids is 3. The number of carboxylic acid groups (broad SMARTS) is 3. The second-order valence-electron chi connectivity index (χ2n) is 4.01. The Morgan fingerprint density at radius 3 is 1.83 bits per heavy atom. The molecule has 3 N–H and O–H groups in total. The van der Waals surface area contributed by atoms with E-state index in [4.69, 9.17) is 24.9 Å². The third-order valence-electron chi connectivity index (χ3n) is 2.47. The molecule has 8 nitrogen and oxygen atoms in total. The molecule has 2 aromatic rings. The van der Waals surface area contributed by atoms with Crippen molar-refractivity contribution in [1.82, 2.24) is 4.98 Å². The third-order valence-corrected chi connectivity index (χ3v) is 2.47. The molecule has 1 aromatic carbocycles. The van der Waals surface area contributed by atoms with Crippen LogP contribution < -0.4 is 0 Å². The summed E-state index contributed by atoms with van der Waals surface area (Å²) < 4.78 is 0. The maximum atomic E-state index is 12.1. The average molecular weight is 317 g/mol. The van der Waals surface area contributed by atoms with Crippen LogP contribution in [0.4, 0.5) is 0 Å². The molecule has 0 unspecified atom stereocenters. The minimum Gasteiger partial charge on any atom is -0.476 e. The summed E-state index contributed by atoms with van der Waals surface area (Å²) in [7, 11) is 0. The highest BCUT2D eigenvalue weighted by atomic mass is 16.4. The van der Waals surface area contributed by atoms with Crippen molar-refractivity contribution in [2.75, 3.05) is 0 Å². The molecule has 0 saturated heterocycles. The van der Waals surface area contributed by atoms with Crippen molar-refractivity contribution >= 4 is 23.7 Å². The molecule has 0 atom stereocenters. The minimum atomic E-state index is -1.82. The van der Waals surface area contributed by atoms with Gasteiger partial charge in [0.15, 0.2) is 11.5 Å². The maximum Gasteiger partial charge on any atom is 0.414 e. The molecule has 0 aliphatic carbocycles. The normalized spacial score (nSPS) is 9.22. The Balaban J connectivity index is 0.000000379. The van der Waals surface area contributed by atoms with Crippen LogP contribution in [0.3, 0.4) is 0 Å². The number of hydrogen-bond donors (Lipinski definition) is 3. The number of rotatable bonds is 3. The zero-order chi connectivity index (χ0) is 17.4. The predicted octanol–water partition coefficient (Wildman–Crippen LogP) is 1.17. The highest BCUT2D eigenvalue weighted by molar-refractivity contribution is 6.27. The van der Waals surface area contributed by atoms with Crippen LogP contribution in [0.1, 0.15) is 26.4 Å². The van der Waals surface area contributed by atoms with E-state index in [9.17, 15) is 9.59 Å². The first kappa shape index (κ1) is 17.5. The summed E-state index contributed by atoms with van der Waals surface area (Å²) in [4.78, 5) is 44.9. The van der Waals surface area contributed by atoms with E-state index < -0.39 is 17.9 Å². The summed E-state index contributed by atoms with van der Waals surface area (Å²) in [5.74, 6) is -5.19. The summed E-state index contributed by atoms with van der Waals surface area (Å²) in [5, 5.41) is 23.7. The molecule has 0 saturated carbocycles. The Morgan fingerprint density at radius 1 is 0.783 bits per heavy atom. The van der Waals surface area contributed by atoms with E-state index >= 15 is 0 Å². The topological polar surface area (TPSA) is 142 Å². The SMILES string of the molecule is O=C(O)C(=O)O.O=C(c1ccccc1)c1cccnc1C(=O)O. The fraction of sp³-hybridized carbons (Fsp3) is 0. The Hall–Kier alpha value is -3.55. The Bertz CT molecular complexity index is 729. The molecule has 0 spiro atoms. The van der Waals surface area contributed by atoms with E-state index in [1.54, 1.807) is 36.4 Å². The lowest BCUT2D eigenvalue weighted by molar-refractivity contribution is -0.159. The van der Waals surface area contributed by atoms with Crippen LogP contribution in [-0.4, -0.2) is 44.0 Å². The zero-order valence-electron chi connectivity index (χ0n) is 11.5. The second kappa shape index (κ2) is 8.03. The van der Waals surface area contributed by atoms with Crippen molar-refractivity contribution in [1.29, 1.82) is 0 Å². The molecule has 1 heterocycles. The first-order valence-electron chi connectivity index (χ1n) is 6.09. The van der Waals surface area contributed by atoms with E-state index in [0.29, 0.717) is 5.56 Å². The zero-order valence-corrected chi connectivity index (χ0v) is 11.5. The lowest BCUT2D eigenvalue weighted by Crippen LogP contribution is -2.11. The van der Waals surface area contributed by atoms with E-state index in [0.717, 1.165) is 0 Å². The first-order chi connectivity index (χ1) is 10.8. The summed E-state index contributed by atoms with van der Waals surface area (Å²) >= 11 is 0. The van der Waals surface area contributed by atoms with Gasteiger partial charge >= 0.3 is 17.9 Å². The van der Waals surface area contributed by atoms with Gasteiger partial charge in [0.05, 0.1) is 5.56 Å². The van der Waals surface area contributed by atoms with E-state index in [2.05, 4.69) is 4.98 Å². The molecule has 0 aliphatic heterocycles. The molecule has 118 valence electrons. The Morgan fingerprint density at radius 2 is 1.35 bits per heavy atom. The Labute approximate surface area is 129 Å². The quantitative estimate of drug-likeness (QED) is 0.565. The summed E-state index contributed by atoms with van der Waals surface area (Å²) in [6.45, 7) is 0. The van der Waals surface area contributed by atoms with Gasteiger partial charge in [0.25, 0.3) is 0 Å². The van der Waals surface area contributed by atoms with Gasteiger partial charge in [-0.15, -0.1) is 0 Å². The van der Waals surface area contributed by atoms with Crippen LogP contribution in [0, 0.1) is 0 Å². The highest BCUT2D eigenvalue weighted by Crippen LogP contribution is 2.12. The number of hydrogen-bond acceptors (Lipinski definition) is 5. The van der Waals surface area contributed by atoms with Crippen LogP contribution in [0.2, 0.25) is 0 Å². The highest BCUT2D eigenvalue weighted by Gasteiger charge is 2.18. The van der Waals surface area contributed by atoms with Crippen molar-refractivity contribution < 1.29 is 34.5 Å². The monoisotopic (exact) mass is 317 g/mol. The van der Waals surface area contributed by atoms with E-state index in [-0.39, 0.29) is 17.0 Å². The van der Waals surface area contributed by atoms with Crippen molar-refractivity contribution in [3.05, 3.63) is 65.5 Å². The van der Waals surface area contributed by atoms with Crippen LogP contribution in [0.25, 0.3) is 0 Å². The van der Waals surface area contributed by atoms with Gasteiger partial charge in [0.1, 0.15) is 0 Å². The molecule has 23 heavy (non-hydrogen) atoms. The van der Waals surface area contributed by atoms with Gasteiger partial charge in [0, 0.05) is 11.8 Å². The van der Waals surface area contributed by atoms with Gasteiger partial charge in [-0.05, 0) is 12.1 Å². The van der Waals surface area contributed by atoms with Gasteiger partial charge in [-0.1, -0.05) is 30.3 Å². The third kappa shape index (κ3) is 5.05. The summed E-state index contributed by atoms with van der Waals surface area (Å²) in [5.41, 5.74) is 0.329. The average Bonchev–Trinajstić information content (AvgIpc) is 2.55. The van der Waals surface area contributed by atoms with Crippen LogP contribution >= 0.6 is 0 Å². The molecular formula is C15H11NO7. The molecule has 0 radical (unpaired) electrons. The second-order valence-corrected chi connectivity index (χ2v) is 4.01. The van der Waals surface area contributed by atoms with Crippen molar-refractivity contribution in [3.8, 4) is 0 Å². The number of aliphatic carboxylic acids is 2. The molecule has 0 bridgehead atoms. The van der Waals surface area contributed by atoms with Crippen LogP contribution in [0.5, 0.6) is 0 Å². The van der Waals surface area contributed by atoms with Crippen LogP contribution in [-0.2, 0) is 9.59 Å². The molecule has 2 rings (SSSR count). The molecule has 8 heteroatoms. The predicted molar refractivity (Wildman–Crippen MR) is 76.3 cm³/mol. The lowest BCUT2D eigenvalue weighted by atomic mass is 10.0. The lowest BCUT2D eigenvalue weighted by Gasteiger charge is -2.03. The summed E-state index contributed by atoms with van der Waals surface area (Å²) in [6, 6.07) is 11.5. The fourth-order valence-corrected chi connectivity index (χ4v) is 1.50. The molecule has 0 amide bonds. The van der Waals surface area contributed by atoms with Gasteiger partial charge < -0.3 is 15.3 Å². The van der Waals surface area contributed by atoms with Gasteiger partial charge in [-0.25, -0.2) is 19.4 Å². The van der Waals surface area contributed by atoms with Crippen molar-refractivity contribution in [2.45, 2.75) is 0 Å². The van der Waals surface area contributed by atoms with E-state index in [1.165, 1.54) is 12.3 Å². The molecular weight excluding hydrogens is 306 g/mol.